The summed E-state index contributed by atoms with van der Waals surface area (Å²) in [5, 5.41) is 11.9. The largest absolute Gasteiger partial charge is 0.322 e. The lowest BCUT2D eigenvalue weighted by Crippen LogP contribution is -2.12. The van der Waals surface area contributed by atoms with Crippen LogP contribution in [0.5, 0.6) is 0 Å². The Morgan fingerprint density at radius 2 is 2.00 bits per heavy atom. The quantitative estimate of drug-likeness (QED) is 0.784. The molecule has 2 aromatic carbocycles. The second-order valence-corrected chi connectivity index (χ2v) is 5.24. The molecule has 0 aliphatic heterocycles. The van der Waals surface area contributed by atoms with Crippen LogP contribution in [0.25, 0.3) is 10.9 Å². The molecule has 0 atom stereocenters. The summed E-state index contributed by atoms with van der Waals surface area (Å²) in [6, 6.07) is 12.3. The molecule has 1 heterocycles. The van der Waals surface area contributed by atoms with Crippen LogP contribution in [0, 0.1) is 17.1 Å². The number of hydrogen-bond acceptors (Lipinski definition) is 3. The van der Waals surface area contributed by atoms with E-state index in [2.05, 4.69) is 5.32 Å². The van der Waals surface area contributed by atoms with Crippen molar-refractivity contribution < 1.29 is 14.0 Å². The van der Waals surface area contributed by atoms with Crippen LogP contribution >= 0.6 is 0 Å². The molecule has 1 N–H and O–H groups in total. The van der Waals surface area contributed by atoms with Crippen molar-refractivity contribution in [3.8, 4) is 6.07 Å². The molecule has 0 unspecified atom stereocenters. The first-order valence-electron chi connectivity index (χ1n) is 7.12. The zero-order valence-corrected chi connectivity index (χ0v) is 12.7. The van der Waals surface area contributed by atoms with Gasteiger partial charge in [0.1, 0.15) is 5.82 Å². The number of nitrogens with zero attached hydrogens (tertiary/aromatic N) is 2. The molecular formula is C18H12FN3O2. The highest BCUT2D eigenvalue weighted by Crippen LogP contribution is 2.24. The van der Waals surface area contributed by atoms with E-state index < -0.39 is 11.7 Å². The number of halogens is 1. The molecule has 6 heteroatoms. The van der Waals surface area contributed by atoms with Crippen molar-refractivity contribution in [1.29, 1.82) is 5.26 Å². The predicted molar refractivity (Wildman–Crippen MR) is 87.3 cm³/mol. The average Bonchev–Trinajstić information content (AvgIpc) is 2.94. The molecule has 0 saturated carbocycles. The van der Waals surface area contributed by atoms with Crippen LogP contribution in [-0.2, 0) is 0 Å². The number of anilines is 1. The smallest absolute Gasteiger partial charge is 0.257 e. The van der Waals surface area contributed by atoms with E-state index in [0.717, 1.165) is 0 Å². The molecule has 0 fully saturated rings. The van der Waals surface area contributed by atoms with Gasteiger partial charge < -0.3 is 5.32 Å². The molecular weight excluding hydrogens is 309 g/mol. The first-order valence-corrected chi connectivity index (χ1v) is 7.12. The number of carbonyl (C=O) groups is 2. The Labute approximate surface area is 136 Å². The summed E-state index contributed by atoms with van der Waals surface area (Å²) in [6.07, 6.45) is 1.38. The minimum atomic E-state index is -0.496. The first-order chi connectivity index (χ1) is 11.5. The summed E-state index contributed by atoms with van der Waals surface area (Å²) in [4.78, 5) is 24.3. The fourth-order valence-electron chi connectivity index (χ4n) is 2.51. The topological polar surface area (TPSA) is 74.9 Å². The minimum Gasteiger partial charge on any atom is -0.322 e. The number of hydrogen-bond donors (Lipinski definition) is 1. The molecule has 0 aliphatic rings. The molecule has 0 aliphatic carbocycles. The number of fused-ring (bicyclic) bond motifs is 1. The van der Waals surface area contributed by atoms with Crippen molar-refractivity contribution in [2.75, 3.05) is 5.32 Å². The maximum Gasteiger partial charge on any atom is 0.257 e. The van der Waals surface area contributed by atoms with Crippen LogP contribution in [0.4, 0.5) is 10.1 Å². The molecule has 0 bridgehead atoms. The number of carbonyl (C=O) groups excluding carboxylic acids is 2. The maximum absolute atomic E-state index is 13.6. The Balaban J connectivity index is 2.05. The van der Waals surface area contributed by atoms with E-state index in [1.54, 1.807) is 18.2 Å². The summed E-state index contributed by atoms with van der Waals surface area (Å²) in [7, 11) is 0. The molecule has 3 aromatic rings. The van der Waals surface area contributed by atoms with Crippen molar-refractivity contribution in [2.24, 2.45) is 0 Å². The van der Waals surface area contributed by atoms with Gasteiger partial charge in [0, 0.05) is 24.2 Å². The van der Waals surface area contributed by atoms with Crippen LogP contribution in [-0.4, -0.2) is 16.4 Å². The van der Waals surface area contributed by atoms with E-state index in [1.165, 1.54) is 42.0 Å². The standard InChI is InChI=1S/C18H12FN3O2/c1-11(23)22-10-16(15-8-13(19)5-6-17(15)22)18(24)21-14-4-2-3-12(7-14)9-20/h2-8,10H,1H3,(H,21,24). The Bertz CT molecular complexity index is 1010. The third-order valence-electron chi connectivity index (χ3n) is 3.60. The van der Waals surface area contributed by atoms with E-state index in [-0.39, 0.29) is 11.5 Å². The third-order valence-corrected chi connectivity index (χ3v) is 3.60. The maximum atomic E-state index is 13.6. The lowest BCUT2D eigenvalue weighted by atomic mass is 10.1. The van der Waals surface area contributed by atoms with Gasteiger partial charge in [-0.1, -0.05) is 6.07 Å². The second kappa shape index (κ2) is 5.97. The van der Waals surface area contributed by atoms with Gasteiger partial charge in [-0.3, -0.25) is 14.2 Å². The van der Waals surface area contributed by atoms with Crippen molar-refractivity contribution in [3.05, 3.63) is 65.6 Å². The van der Waals surface area contributed by atoms with Gasteiger partial charge in [-0.15, -0.1) is 0 Å². The van der Waals surface area contributed by atoms with E-state index in [1.807, 2.05) is 6.07 Å². The molecule has 3 rings (SSSR count). The molecule has 118 valence electrons. The van der Waals surface area contributed by atoms with Crippen LogP contribution < -0.4 is 5.32 Å². The molecule has 24 heavy (non-hydrogen) atoms. The molecule has 5 nitrogen and oxygen atoms in total. The highest BCUT2D eigenvalue weighted by Gasteiger charge is 2.17. The zero-order chi connectivity index (χ0) is 17.3. The van der Waals surface area contributed by atoms with Crippen molar-refractivity contribution in [1.82, 2.24) is 4.57 Å². The normalized spacial score (nSPS) is 10.4. The van der Waals surface area contributed by atoms with Gasteiger partial charge >= 0.3 is 0 Å². The number of rotatable bonds is 2. The third kappa shape index (κ3) is 2.75. The summed E-state index contributed by atoms with van der Waals surface area (Å²) >= 11 is 0. The lowest BCUT2D eigenvalue weighted by molar-refractivity contribution is 0.0941. The number of nitrogens with one attached hydrogen (secondary N) is 1. The van der Waals surface area contributed by atoms with Gasteiger partial charge in [0.2, 0.25) is 5.91 Å². The molecule has 1 amide bonds. The SMILES string of the molecule is CC(=O)n1cc(C(=O)Nc2cccc(C#N)c2)c2cc(F)ccc21. The number of aromatic nitrogens is 1. The number of benzene rings is 2. The lowest BCUT2D eigenvalue weighted by Gasteiger charge is -2.04. The predicted octanol–water partition coefficient (Wildman–Crippen LogP) is 3.56. The zero-order valence-electron chi connectivity index (χ0n) is 12.7. The summed E-state index contributed by atoms with van der Waals surface area (Å²) < 4.78 is 14.9. The Kier molecular flexibility index (Phi) is 3.84. The number of amides is 1. The van der Waals surface area contributed by atoms with Gasteiger partial charge in [-0.05, 0) is 36.4 Å². The Hall–Kier alpha value is -3.46. The van der Waals surface area contributed by atoms with E-state index in [0.29, 0.717) is 22.2 Å². The van der Waals surface area contributed by atoms with Crippen LogP contribution in [0.1, 0.15) is 27.6 Å². The van der Waals surface area contributed by atoms with Gasteiger partial charge in [0.25, 0.3) is 5.91 Å². The molecule has 0 radical (unpaired) electrons. The first kappa shape index (κ1) is 15.4. The molecule has 0 saturated heterocycles. The van der Waals surface area contributed by atoms with Gasteiger partial charge in [-0.25, -0.2) is 4.39 Å². The number of nitriles is 1. The summed E-state index contributed by atoms with van der Waals surface area (Å²) in [5.74, 6) is -1.26. The van der Waals surface area contributed by atoms with Crippen LogP contribution in [0.15, 0.2) is 48.7 Å². The monoisotopic (exact) mass is 321 g/mol. The second-order valence-electron chi connectivity index (χ2n) is 5.24. The van der Waals surface area contributed by atoms with Gasteiger partial charge in [0.05, 0.1) is 22.7 Å². The van der Waals surface area contributed by atoms with Crippen molar-refractivity contribution in [2.45, 2.75) is 6.92 Å². The minimum absolute atomic E-state index is 0.182. The fraction of sp³-hybridized carbons (Fsp3) is 0.0556. The Morgan fingerprint density at radius 3 is 2.71 bits per heavy atom. The summed E-state index contributed by atoms with van der Waals surface area (Å²) in [5.41, 5.74) is 1.49. The van der Waals surface area contributed by atoms with E-state index >= 15 is 0 Å². The van der Waals surface area contributed by atoms with E-state index in [4.69, 9.17) is 5.26 Å². The fourth-order valence-corrected chi connectivity index (χ4v) is 2.51. The highest BCUT2D eigenvalue weighted by molar-refractivity contribution is 6.14. The van der Waals surface area contributed by atoms with Crippen LogP contribution in [0.2, 0.25) is 0 Å². The average molecular weight is 321 g/mol. The summed E-state index contributed by atoms with van der Waals surface area (Å²) in [6.45, 7) is 1.36. The van der Waals surface area contributed by atoms with Crippen LogP contribution in [0.3, 0.4) is 0 Å². The van der Waals surface area contributed by atoms with Gasteiger partial charge in [0.15, 0.2) is 0 Å². The molecule has 1 aromatic heterocycles. The van der Waals surface area contributed by atoms with Crippen molar-refractivity contribution >= 4 is 28.4 Å². The highest BCUT2D eigenvalue weighted by atomic mass is 19.1. The van der Waals surface area contributed by atoms with E-state index in [9.17, 15) is 14.0 Å². The van der Waals surface area contributed by atoms with Crippen molar-refractivity contribution in [3.63, 3.8) is 0 Å². The molecule has 0 spiro atoms. The Morgan fingerprint density at radius 1 is 1.21 bits per heavy atom. The van der Waals surface area contributed by atoms with Gasteiger partial charge in [-0.2, -0.15) is 5.26 Å².